The summed E-state index contributed by atoms with van der Waals surface area (Å²) < 4.78 is 21.0. The van der Waals surface area contributed by atoms with Crippen molar-refractivity contribution in [2.45, 2.75) is 38.6 Å². The van der Waals surface area contributed by atoms with Gasteiger partial charge in [0.25, 0.3) is 5.91 Å². The second-order valence-electron chi connectivity index (χ2n) is 6.10. The zero-order chi connectivity index (χ0) is 19.1. The first-order valence-electron chi connectivity index (χ1n) is 8.82. The second kappa shape index (κ2) is 9.31. The maximum atomic E-state index is 12.5. The maximum absolute atomic E-state index is 12.5. The topological polar surface area (TPSA) is 74.3 Å². The van der Waals surface area contributed by atoms with Crippen LogP contribution in [0.25, 0.3) is 0 Å². The summed E-state index contributed by atoms with van der Waals surface area (Å²) in [6.45, 7) is 2.50. The van der Waals surface area contributed by atoms with Gasteiger partial charge in [0.2, 0.25) is 5.75 Å². The molecule has 1 aromatic rings. The van der Waals surface area contributed by atoms with Crippen LogP contribution >= 0.6 is 0 Å². The van der Waals surface area contributed by atoms with Gasteiger partial charge in [0, 0.05) is 12.6 Å². The Labute approximate surface area is 154 Å². The van der Waals surface area contributed by atoms with Crippen molar-refractivity contribution in [3.05, 3.63) is 17.7 Å². The zero-order valence-corrected chi connectivity index (χ0v) is 15.9. The average molecular weight is 365 g/mol. The van der Waals surface area contributed by atoms with E-state index in [0.717, 1.165) is 25.7 Å². The zero-order valence-electron chi connectivity index (χ0n) is 15.9. The van der Waals surface area contributed by atoms with Gasteiger partial charge in [0.15, 0.2) is 18.1 Å². The predicted octanol–water partition coefficient (Wildman–Crippen LogP) is 2.66. The highest BCUT2D eigenvalue weighted by atomic mass is 16.5. The molecule has 1 amide bonds. The van der Waals surface area contributed by atoms with Gasteiger partial charge in [-0.15, -0.1) is 0 Å². The van der Waals surface area contributed by atoms with Gasteiger partial charge in [-0.1, -0.05) is 6.92 Å². The first-order valence-corrected chi connectivity index (χ1v) is 8.82. The number of ether oxygens (including phenoxy) is 4. The SMILES string of the molecule is CC[C@H]1CCCCN1C(=O)COC(=O)c1ccc(OC)c(OC)c1OC. The smallest absolute Gasteiger partial charge is 0.342 e. The number of amides is 1. The van der Waals surface area contributed by atoms with Gasteiger partial charge >= 0.3 is 5.97 Å². The lowest BCUT2D eigenvalue weighted by Gasteiger charge is -2.35. The Bertz CT molecular complexity index is 645. The van der Waals surface area contributed by atoms with Crippen LogP contribution in [-0.4, -0.2) is 57.3 Å². The second-order valence-corrected chi connectivity index (χ2v) is 6.10. The Morgan fingerprint density at radius 3 is 2.42 bits per heavy atom. The molecular formula is C19H27NO6. The highest BCUT2D eigenvalue weighted by Crippen LogP contribution is 2.39. The Hall–Kier alpha value is -2.44. The molecule has 1 aliphatic heterocycles. The molecule has 0 radical (unpaired) electrons. The van der Waals surface area contributed by atoms with Gasteiger partial charge in [0.1, 0.15) is 5.56 Å². The summed E-state index contributed by atoms with van der Waals surface area (Å²) in [5.74, 6) is 0.160. The van der Waals surface area contributed by atoms with Gasteiger partial charge < -0.3 is 23.8 Å². The van der Waals surface area contributed by atoms with Gasteiger partial charge in [-0.25, -0.2) is 4.79 Å². The van der Waals surface area contributed by atoms with Crippen LogP contribution in [0.1, 0.15) is 43.0 Å². The lowest BCUT2D eigenvalue weighted by molar-refractivity contribution is -0.138. The molecule has 0 aromatic heterocycles. The molecule has 0 N–H and O–H groups in total. The lowest BCUT2D eigenvalue weighted by atomic mass is 10.00. The summed E-state index contributed by atoms with van der Waals surface area (Å²) in [6, 6.07) is 3.35. The minimum absolute atomic E-state index is 0.163. The van der Waals surface area contributed by atoms with Crippen molar-refractivity contribution >= 4 is 11.9 Å². The number of benzene rings is 1. The normalized spacial score (nSPS) is 16.8. The molecule has 0 saturated carbocycles. The Morgan fingerprint density at radius 1 is 1.08 bits per heavy atom. The van der Waals surface area contributed by atoms with Crippen molar-refractivity contribution in [2.75, 3.05) is 34.5 Å². The number of nitrogens with zero attached hydrogens (tertiary/aromatic N) is 1. The van der Waals surface area contributed by atoms with Crippen LogP contribution in [0.2, 0.25) is 0 Å². The molecule has 1 fully saturated rings. The molecule has 1 saturated heterocycles. The van der Waals surface area contributed by atoms with Crippen LogP contribution in [0.5, 0.6) is 17.2 Å². The van der Waals surface area contributed by atoms with Crippen LogP contribution in [0.4, 0.5) is 0 Å². The third kappa shape index (κ3) is 4.20. The summed E-state index contributed by atoms with van der Waals surface area (Å²) in [5, 5.41) is 0. The molecule has 1 atom stereocenters. The first-order chi connectivity index (χ1) is 12.6. The fraction of sp³-hybridized carbons (Fsp3) is 0.579. The molecular weight excluding hydrogens is 338 g/mol. The van der Waals surface area contributed by atoms with E-state index < -0.39 is 5.97 Å². The number of carbonyl (C=O) groups excluding carboxylic acids is 2. The van der Waals surface area contributed by atoms with Gasteiger partial charge in [-0.3, -0.25) is 4.79 Å². The molecule has 144 valence electrons. The standard InChI is InChI=1S/C19H27NO6/c1-5-13-8-6-7-11-20(13)16(21)12-26-19(22)14-9-10-15(23-2)18(25-4)17(14)24-3/h9-10,13H,5-8,11-12H2,1-4H3/t13-/m0/s1. The van der Waals surface area contributed by atoms with Crippen molar-refractivity contribution in [1.82, 2.24) is 4.90 Å². The largest absolute Gasteiger partial charge is 0.493 e. The highest BCUT2D eigenvalue weighted by Gasteiger charge is 2.27. The number of hydrogen-bond acceptors (Lipinski definition) is 6. The first kappa shape index (κ1) is 19.9. The maximum Gasteiger partial charge on any atom is 0.342 e. The van der Waals surface area contributed by atoms with E-state index in [9.17, 15) is 9.59 Å². The van der Waals surface area contributed by atoms with Crippen molar-refractivity contribution < 1.29 is 28.5 Å². The van der Waals surface area contributed by atoms with E-state index in [2.05, 4.69) is 6.92 Å². The lowest BCUT2D eigenvalue weighted by Crippen LogP contribution is -2.45. The molecule has 0 unspecified atom stereocenters. The molecule has 7 heteroatoms. The van der Waals surface area contributed by atoms with Gasteiger partial charge in [0.05, 0.1) is 21.3 Å². The molecule has 2 rings (SSSR count). The Morgan fingerprint density at radius 2 is 1.81 bits per heavy atom. The summed E-state index contributed by atoms with van der Waals surface area (Å²) in [7, 11) is 4.38. The van der Waals surface area contributed by atoms with E-state index in [1.54, 1.807) is 6.07 Å². The summed E-state index contributed by atoms with van der Waals surface area (Å²) in [5.41, 5.74) is 0.184. The van der Waals surface area contributed by atoms with E-state index in [4.69, 9.17) is 18.9 Å². The van der Waals surface area contributed by atoms with Crippen LogP contribution in [-0.2, 0) is 9.53 Å². The molecule has 0 bridgehead atoms. The Balaban J connectivity index is 2.09. The molecule has 1 aromatic carbocycles. The fourth-order valence-corrected chi connectivity index (χ4v) is 3.30. The van der Waals surface area contributed by atoms with E-state index in [1.165, 1.54) is 27.4 Å². The third-order valence-electron chi connectivity index (χ3n) is 4.67. The predicted molar refractivity (Wildman–Crippen MR) is 96.0 cm³/mol. The molecule has 26 heavy (non-hydrogen) atoms. The molecule has 0 spiro atoms. The number of carbonyl (C=O) groups is 2. The minimum atomic E-state index is -0.638. The van der Waals surface area contributed by atoms with Crippen molar-refractivity contribution in [3.8, 4) is 17.2 Å². The number of hydrogen-bond donors (Lipinski definition) is 0. The molecule has 1 heterocycles. The highest BCUT2D eigenvalue weighted by molar-refractivity contribution is 5.95. The quantitative estimate of drug-likeness (QED) is 0.692. The number of rotatable bonds is 7. The number of likely N-dealkylation sites (tertiary alicyclic amines) is 1. The van der Waals surface area contributed by atoms with Crippen LogP contribution in [0, 0.1) is 0 Å². The molecule has 0 aliphatic carbocycles. The van der Waals surface area contributed by atoms with Gasteiger partial charge in [-0.05, 0) is 37.8 Å². The van der Waals surface area contributed by atoms with Crippen molar-refractivity contribution in [1.29, 1.82) is 0 Å². The molecule has 1 aliphatic rings. The van der Waals surface area contributed by atoms with E-state index >= 15 is 0 Å². The summed E-state index contributed by atoms with van der Waals surface area (Å²) in [6.07, 6.45) is 4.02. The average Bonchev–Trinajstić information content (AvgIpc) is 2.70. The van der Waals surface area contributed by atoms with Crippen LogP contribution < -0.4 is 14.2 Å². The van der Waals surface area contributed by atoms with Crippen LogP contribution in [0.3, 0.4) is 0 Å². The fourth-order valence-electron chi connectivity index (χ4n) is 3.30. The number of methoxy groups -OCH3 is 3. The van der Waals surface area contributed by atoms with E-state index in [-0.39, 0.29) is 29.9 Å². The summed E-state index contributed by atoms with van der Waals surface area (Å²) >= 11 is 0. The van der Waals surface area contributed by atoms with Gasteiger partial charge in [-0.2, -0.15) is 0 Å². The Kier molecular flexibility index (Phi) is 7.12. The van der Waals surface area contributed by atoms with Crippen molar-refractivity contribution in [2.24, 2.45) is 0 Å². The number of piperidine rings is 1. The van der Waals surface area contributed by atoms with E-state index in [0.29, 0.717) is 18.0 Å². The monoisotopic (exact) mass is 365 g/mol. The minimum Gasteiger partial charge on any atom is -0.493 e. The summed E-state index contributed by atoms with van der Waals surface area (Å²) in [4.78, 5) is 26.7. The van der Waals surface area contributed by atoms with E-state index in [1.807, 2.05) is 4.90 Å². The third-order valence-corrected chi connectivity index (χ3v) is 4.67. The van der Waals surface area contributed by atoms with Crippen LogP contribution in [0.15, 0.2) is 12.1 Å². The van der Waals surface area contributed by atoms with Crippen molar-refractivity contribution in [3.63, 3.8) is 0 Å². The molecule has 7 nitrogen and oxygen atoms in total. The number of esters is 1.